The van der Waals surface area contributed by atoms with E-state index in [2.05, 4.69) is 56.2 Å². The second kappa shape index (κ2) is 9.47. The van der Waals surface area contributed by atoms with Gasteiger partial charge in [-0.05, 0) is 28.5 Å². The number of nitrogens with zero attached hydrogens (tertiary/aromatic N) is 2. The molecule has 1 amide bonds. The molecule has 0 radical (unpaired) electrons. The molecule has 1 fully saturated rings. The van der Waals surface area contributed by atoms with Crippen molar-refractivity contribution in [2.45, 2.75) is 12.6 Å². The molecule has 0 saturated carbocycles. The molecule has 4 nitrogen and oxygen atoms in total. The van der Waals surface area contributed by atoms with Crippen LogP contribution in [0.4, 0.5) is 0 Å². The van der Waals surface area contributed by atoms with Gasteiger partial charge in [0, 0.05) is 42.5 Å². The Morgan fingerprint density at radius 2 is 1.61 bits per heavy atom. The monoisotopic (exact) mass is 411 g/mol. The van der Waals surface area contributed by atoms with Gasteiger partial charge in [-0.3, -0.25) is 14.6 Å². The van der Waals surface area contributed by atoms with E-state index in [1.165, 1.54) is 9.75 Å². The fourth-order valence-electron chi connectivity index (χ4n) is 3.56. The van der Waals surface area contributed by atoms with Crippen LogP contribution in [0, 0.1) is 0 Å². The van der Waals surface area contributed by atoms with Crippen LogP contribution in [0.25, 0.3) is 0 Å². The summed E-state index contributed by atoms with van der Waals surface area (Å²) in [6.07, 6.45) is 0. The molecule has 0 unspecified atom stereocenters. The minimum atomic E-state index is -0.0752. The maximum absolute atomic E-state index is 12.8. The number of carbonyl (C=O) groups is 1. The molecule has 28 heavy (non-hydrogen) atoms. The van der Waals surface area contributed by atoms with Gasteiger partial charge in [-0.25, -0.2) is 0 Å². The summed E-state index contributed by atoms with van der Waals surface area (Å²) in [6.45, 7) is 5.38. The Bertz CT molecular complexity index is 841. The summed E-state index contributed by atoms with van der Waals surface area (Å²) in [5.41, 5.74) is 1.12. The quantitative estimate of drug-likeness (QED) is 0.642. The van der Waals surface area contributed by atoms with Crippen LogP contribution in [0.5, 0.6) is 0 Å². The first-order valence-corrected chi connectivity index (χ1v) is 11.4. The van der Waals surface area contributed by atoms with Gasteiger partial charge in [0.15, 0.2) is 0 Å². The Balaban J connectivity index is 1.31. The predicted octanol–water partition coefficient (Wildman–Crippen LogP) is 3.83. The molecule has 4 rings (SSSR count). The molecule has 1 N–H and O–H groups in total. The molecule has 146 valence electrons. The minimum Gasteiger partial charge on any atom is -0.343 e. The van der Waals surface area contributed by atoms with Gasteiger partial charge in [0.2, 0.25) is 5.91 Å². The van der Waals surface area contributed by atoms with Gasteiger partial charge in [-0.15, -0.1) is 22.7 Å². The van der Waals surface area contributed by atoms with Crippen LogP contribution in [0.2, 0.25) is 0 Å². The Labute approximate surface area is 174 Å². The van der Waals surface area contributed by atoms with E-state index in [9.17, 15) is 4.79 Å². The van der Waals surface area contributed by atoms with Crippen molar-refractivity contribution in [3.8, 4) is 0 Å². The Morgan fingerprint density at radius 1 is 0.893 bits per heavy atom. The SMILES string of the molecule is O=C(CN1CCN(Cc2cccs2)CC1)N[C@H](c1ccccc1)c1cccs1. The summed E-state index contributed by atoms with van der Waals surface area (Å²) in [7, 11) is 0. The van der Waals surface area contributed by atoms with Gasteiger partial charge in [0.05, 0.1) is 12.6 Å². The van der Waals surface area contributed by atoms with Gasteiger partial charge < -0.3 is 5.32 Å². The van der Waals surface area contributed by atoms with Crippen molar-refractivity contribution in [1.82, 2.24) is 15.1 Å². The zero-order valence-corrected chi connectivity index (χ0v) is 17.4. The van der Waals surface area contributed by atoms with Crippen LogP contribution >= 0.6 is 22.7 Å². The van der Waals surface area contributed by atoms with Crippen molar-refractivity contribution in [3.05, 3.63) is 80.7 Å². The Kier molecular flexibility index (Phi) is 6.54. The number of rotatable bonds is 7. The zero-order valence-electron chi connectivity index (χ0n) is 15.8. The highest BCUT2D eigenvalue weighted by atomic mass is 32.1. The third-order valence-corrected chi connectivity index (χ3v) is 6.86. The summed E-state index contributed by atoms with van der Waals surface area (Å²) in [5, 5.41) is 7.44. The third-order valence-electron chi connectivity index (χ3n) is 5.06. The largest absolute Gasteiger partial charge is 0.343 e. The van der Waals surface area contributed by atoms with Crippen LogP contribution < -0.4 is 5.32 Å². The molecule has 1 atom stereocenters. The zero-order chi connectivity index (χ0) is 19.2. The summed E-state index contributed by atoms with van der Waals surface area (Å²) in [4.78, 5) is 20.1. The van der Waals surface area contributed by atoms with Crippen molar-refractivity contribution in [2.24, 2.45) is 0 Å². The van der Waals surface area contributed by atoms with Gasteiger partial charge in [-0.2, -0.15) is 0 Å². The van der Waals surface area contributed by atoms with Gasteiger partial charge in [-0.1, -0.05) is 42.5 Å². The molecule has 1 aliphatic heterocycles. The van der Waals surface area contributed by atoms with E-state index in [-0.39, 0.29) is 11.9 Å². The molecule has 0 bridgehead atoms. The highest BCUT2D eigenvalue weighted by molar-refractivity contribution is 7.10. The number of carbonyl (C=O) groups excluding carboxylic acids is 1. The average molecular weight is 412 g/mol. The summed E-state index contributed by atoms with van der Waals surface area (Å²) < 4.78 is 0. The molecule has 3 aromatic rings. The van der Waals surface area contributed by atoms with Crippen molar-refractivity contribution >= 4 is 28.6 Å². The van der Waals surface area contributed by atoms with E-state index < -0.39 is 0 Å². The normalized spacial score (nSPS) is 16.7. The standard InChI is InChI=1S/C22H25N3OS2/c26-21(17-25-12-10-24(11-13-25)16-19-8-4-14-27-19)23-22(20-9-5-15-28-20)18-6-2-1-3-7-18/h1-9,14-15,22H,10-13,16-17H2,(H,23,26)/t22-/m1/s1. The average Bonchev–Trinajstić information content (AvgIpc) is 3.43. The van der Waals surface area contributed by atoms with E-state index in [0.29, 0.717) is 6.54 Å². The number of piperazine rings is 1. The van der Waals surface area contributed by atoms with Crippen LogP contribution in [0.15, 0.2) is 65.4 Å². The smallest absolute Gasteiger partial charge is 0.234 e. The molecule has 2 aromatic heterocycles. The van der Waals surface area contributed by atoms with Crippen molar-refractivity contribution in [2.75, 3.05) is 32.7 Å². The molecular weight excluding hydrogens is 386 g/mol. The molecule has 0 aliphatic carbocycles. The maximum Gasteiger partial charge on any atom is 0.234 e. The first-order valence-electron chi connectivity index (χ1n) is 9.63. The lowest BCUT2D eigenvalue weighted by molar-refractivity contribution is -0.123. The lowest BCUT2D eigenvalue weighted by atomic mass is 10.1. The van der Waals surface area contributed by atoms with Gasteiger partial charge in [0.25, 0.3) is 0 Å². The number of hydrogen-bond acceptors (Lipinski definition) is 5. The summed E-state index contributed by atoms with van der Waals surface area (Å²) >= 11 is 3.49. The van der Waals surface area contributed by atoms with E-state index in [1.54, 1.807) is 11.3 Å². The first-order chi connectivity index (χ1) is 13.8. The Hall–Kier alpha value is -1.99. The van der Waals surface area contributed by atoms with Crippen molar-refractivity contribution in [3.63, 3.8) is 0 Å². The number of hydrogen-bond donors (Lipinski definition) is 1. The van der Waals surface area contributed by atoms with Crippen LogP contribution in [0.3, 0.4) is 0 Å². The van der Waals surface area contributed by atoms with E-state index in [4.69, 9.17) is 0 Å². The molecule has 0 spiro atoms. The van der Waals surface area contributed by atoms with Crippen LogP contribution in [-0.4, -0.2) is 48.4 Å². The second-order valence-corrected chi connectivity index (χ2v) is 9.07. The topological polar surface area (TPSA) is 35.6 Å². The van der Waals surface area contributed by atoms with Crippen molar-refractivity contribution in [1.29, 1.82) is 0 Å². The molecule has 6 heteroatoms. The fourth-order valence-corrected chi connectivity index (χ4v) is 5.11. The molecule has 3 heterocycles. The number of thiophene rings is 2. The van der Waals surface area contributed by atoms with Gasteiger partial charge in [0.1, 0.15) is 0 Å². The lowest BCUT2D eigenvalue weighted by Crippen LogP contribution is -2.49. The number of benzene rings is 1. The molecule has 1 saturated heterocycles. The first kappa shape index (κ1) is 19.3. The molecule has 1 aromatic carbocycles. The maximum atomic E-state index is 12.8. The highest BCUT2D eigenvalue weighted by Gasteiger charge is 2.22. The highest BCUT2D eigenvalue weighted by Crippen LogP contribution is 2.25. The van der Waals surface area contributed by atoms with E-state index >= 15 is 0 Å². The second-order valence-electron chi connectivity index (χ2n) is 7.06. The Morgan fingerprint density at radius 3 is 2.29 bits per heavy atom. The lowest BCUT2D eigenvalue weighted by Gasteiger charge is -2.34. The number of amides is 1. The third kappa shape index (κ3) is 5.08. The summed E-state index contributed by atoms with van der Waals surface area (Å²) in [5.74, 6) is 0.0916. The van der Waals surface area contributed by atoms with Crippen molar-refractivity contribution < 1.29 is 4.79 Å². The fraction of sp³-hybridized carbons (Fsp3) is 0.318. The molecular formula is C22H25N3OS2. The van der Waals surface area contributed by atoms with Crippen LogP contribution in [0.1, 0.15) is 21.4 Å². The van der Waals surface area contributed by atoms with E-state index in [1.807, 2.05) is 35.6 Å². The predicted molar refractivity (Wildman–Crippen MR) is 117 cm³/mol. The number of nitrogens with one attached hydrogen (secondary N) is 1. The minimum absolute atomic E-state index is 0.0752. The van der Waals surface area contributed by atoms with Gasteiger partial charge >= 0.3 is 0 Å². The summed E-state index contributed by atoms with van der Waals surface area (Å²) in [6, 6.07) is 18.6. The van der Waals surface area contributed by atoms with E-state index in [0.717, 1.165) is 38.3 Å². The molecule has 1 aliphatic rings. The van der Waals surface area contributed by atoms with Crippen LogP contribution in [-0.2, 0) is 11.3 Å².